The Labute approximate surface area is 186 Å². The van der Waals surface area contributed by atoms with E-state index in [2.05, 4.69) is 4.98 Å². The van der Waals surface area contributed by atoms with Crippen molar-refractivity contribution in [2.24, 2.45) is 5.92 Å². The van der Waals surface area contributed by atoms with E-state index in [-0.39, 0.29) is 13.0 Å². The molecule has 2 heterocycles. The monoisotopic (exact) mass is 446 g/mol. The number of hydrogen-bond donors (Lipinski definition) is 1. The number of alkyl halides is 2. The molecular formula is C24H28F2N2O4. The van der Waals surface area contributed by atoms with E-state index in [1.807, 2.05) is 25.1 Å². The zero-order valence-electron chi connectivity index (χ0n) is 18.3. The maximum atomic E-state index is 13.7. The van der Waals surface area contributed by atoms with Gasteiger partial charge in [-0.05, 0) is 48.2 Å². The summed E-state index contributed by atoms with van der Waals surface area (Å²) in [4.78, 5) is 29.6. The lowest BCUT2D eigenvalue weighted by Crippen LogP contribution is -2.41. The largest absolute Gasteiger partial charge is 0.493 e. The normalized spacial score (nSPS) is 16.4. The van der Waals surface area contributed by atoms with Gasteiger partial charge in [-0.15, -0.1) is 0 Å². The minimum Gasteiger partial charge on any atom is -0.493 e. The van der Waals surface area contributed by atoms with E-state index in [1.165, 1.54) is 0 Å². The molecule has 1 aromatic carbocycles. The van der Waals surface area contributed by atoms with E-state index < -0.39 is 36.7 Å². The van der Waals surface area contributed by atoms with Gasteiger partial charge >= 0.3 is 5.97 Å². The molecule has 172 valence electrons. The number of carboxylic acids is 1. The Morgan fingerprint density at radius 2 is 2.00 bits per heavy atom. The molecule has 1 aliphatic rings. The van der Waals surface area contributed by atoms with Crippen LogP contribution in [-0.2, 0) is 35.4 Å². The third-order valence-electron chi connectivity index (χ3n) is 5.41. The number of ether oxygens (including phenoxy) is 1. The fraction of sp³-hybridized carbons (Fsp3) is 0.458. The molecule has 0 radical (unpaired) electrons. The topological polar surface area (TPSA) is 79.7 Å². The van der Waals surface area contributed by atoms with Crippen molar-refractivity contribution in [1.29, 1.82) is 0 Å². The number of carboxylic acid groups (broad SMARTS) is 1. The predicted molar refractivity (Wildman–Crippen MR) is 115 cm³/mol. The van der Waals surface area contributed by atoms with Crippen molar-refractivity contribution in [3.05, 3.63) is 58.9 Å². The molecule has 1 amide bonds. The van der Waals surface area contributed by atoms with Crippen LogP contribution < -0.4 is 4.74 Å². The second-order valence-electron chi connectivity index (χ2n) is 8.27. The summed E-state index contributed by atoms with van der Waals surface area (Å²) in [6.45, 7) is 2.42. The Balaban J connectivity index is 1.75. The highest BCUT2D eigenvalue weighted by molar-refractivity contribution is 5.84. The third-order valence-corrected chi connectivity index (χ3v) is 5.41. The minimum atomic E-state index is -3.08. The van der Waals surface area contributed by atoms with Crippen LogP contribution in [0.25, 0.3) is 0 Å². The third kappa shape index (κ3) is 6.48. The number of hydrogen-bond acceptors (Lipinski definition) is 4. The molecular weight excluding hydrogens is 418 g/mol. The highest BCUT2D eigenvalue weighted by Gasteiger charge is 2.35. The number of pyridine rings is 1. The zero-order valence-corrected chi connectivity index (χ0v) is 18.3. The first-order valence-electron chi connectivity index (χ1n) is 10.7. The SMILES string of the molecule is CCc1cccc(CCOc2ccc3c(c2)CN(CC(C)(F)F)C(=O)[C@H](CC(=O)O)C3)n1. The van der Waals surface area contributed by atoms with E-state index >= 15 is 0 Å². The Hall–Kier alpha value is -3.03. The Morgan fingerprint density at radius 3 is 2.69 bits per heavy atom. The van der Waals surface area contributed by atoms with Crippen LogP contribution in [0.15, 0.2) is 36.4 Å². The maximum absolute atomic E-state index is 13.7. The number of aromatic nitrogens is 1. The average molecular weight is 446 g/mol. The highest BCUT2D eigenvalue weighted by Crippen LogP contribution is 2.29. The summed E-state index contributed by atoms with van der Waals surface area (Å²) in [5, 5.41) is 9.17. The first-order chi connectivity index (χ1) is 15.1. The van der Waals surface area contributed by atoms with E-state index in [0.717, 1.165) is 35.2 Å². The molecule has 0 saturated carbocycles. The van der Waals surface area contributed by atoms with Gasteiger partial charge in [0, 0.05) is 31.3 Å². The number of aliphatic carboxylic acids is 1. The van der Waals surface area contributed by atoms with Gasteiger partial charge < -0.3 is 14.7 Å². The Bertz CT molecular complexity index is 975. The highest BCUT2D eigenvalue weighted by atomic mass is 19.3. The first kappa shape index (κ1) is 23.6. The first-order valence-corrected chi connectivity index (χ1v) is 10.7. The predicted octanol–water partition coefficient (Wildman–Crippen LogP) is 3.90. The molecule has 8 heteroatoms. The molecule has 1 atom stereocenters. The summed E-state index contributed by atoms with van der Waals surface area (Å²) in [6, 6.07) is 11.2. The van der Waals surface area contributed by atoms with Crippen molar-refractivity contribution < 1.29 is 28.2 Å². The lowest BCUT2D eigenvalue weighted by molar-refractivity contribution is -0.147. The molecule has 3 rings (SSSR count). The van der Waals surface area contributed by atoms with Gasteiger partial charge in [0.25, 0.3) is 5.92 Å². The van der Waals surface area contributed by atoms with Gasteiger partial charge in [-0.2, -0.15) is 0 Å². The summed E-state index contributed by atoms with van der Waals surface area (Å²) >= 11 is 0. The zero-order chi connectivity index (χ0) is 23.3. The summed E-state index contributed by atoms with van der Waals surface area (Å²) in [5.41, 5.74) is 3.41. The molecule has 0 aliphatic carbocycles. The molecule has 1 aromatic heterocycles. The van der Waals surface area contributed by atoms with E-state index in [9.17, 15) is 18.4 Å². The van der Waals surface area contributed by atoms with Crippen LogP contribution >= 0.6 is 0 Å². The van der Waals surface area contributed by atoms with Crippen LogP contribution in [-0.4, -0.2) is 45.9 Å². The van der Waals surface area contributed by atoms with Crippen LogP contribution in [0.3, 0.4) is 0 Å². The molecule has 2 aromatic rings. The molecule has 6 nitrogen and oxygen atoms in total. The molecule has 0 saturated heterocycles. The van der Waals surface area contributed by atoms with Gasteiger partial charge in [0.1, 0.15) is 5.75 Å². The molecule has 0 spiro atoms. The molecule has 32 heavy (non-hydrogen) atoms. The van der Waals surface area contributed by atoms with Crippen molar-refractivity contribution in [3.8, 4) is 5.75 Å². The fourth-order valence-corrected chi connectivity index (χ4v) is 3.91. The number of rotatable bonds is 9. The lowest BCUT2D eigenvalue weighted by atomic mass is 9.94. The van der Waals surface area contributed by atoms with Crippen molar-refractivity contribution >= 4 is 11.9 Å². The average Bonchev–Trinajstić information content (AvgIpc) is 2.83. The van der Waals surface area contributed by atoms with Gasteiger partial charge in [-0.25, -0.2) is 8.78 Å². The summed E-state index contributed by atoms with van der Waals surface area (Å²) in [7, 11) is 0. The number of aryl methyl sites for hydroxylation is 1. The van der Waals surface area contributed by atoms with Crippen molar-refractivity contribution in [1.82, 2.24) is 9.88 Å². The van der Waals surface area contributed by atoms with Gasteiger partial charge in [-0.3, -0.25) is 14.6 Å². The number of amides is 1. The number of benzene rings is 1. The minimum absolute atomic E-state index is 0.00891. The van der Waals surface area contributed by atoms with Crippen LogP contribution in [0.2, 0.25) is 0 Å². The number of halogens is 2. The smallest absolute Gasteiger partial charge is 0.304 e. The van der Waals surface area contributed by atoms with Gasteiger partial charge in [-0.1, -0.05) is 19.1 Å². The number of carbonyl (C=O) groups excluding carboxylic acids is 1. The summed E-state index contributed by atoms with van der Waals surface area (Å²) < 4.78 is 33.3. The molecule has 0 bridgehead atoms. The second-order valence-corrected chi connectivity index (χ2v) is 8.27. The summed E-state index contributed by atoms with van der Waals surface area (Å²) in [5.74, 6) is -5.07. The van der Waals surface area contributed by atoms with Gasteiger partial charge in [0.05, 0.1) is 25.5 Å². The number of nitrogens with zero attached hydrogens (tertiary/aromatic N) is 2. The standard InChI is InChI=1S/C24H28F2N2O4/c1-3-19-5-4-6-20(27-19)9-10-32-21-8-7-16-11-17(13-22(29)30)23(31)28(14-18(16)12-21)15-24(2,25)26/h4-8,12,17H,3,9-11,13-15H2,1-2H3,(H,29,30)/t17-/m0/s1. The van der Waals surface area contributed by atoms with Crippen LogP contribution in [0.4, 0.5) is 8.78 Å². The maximum Gasteiger partial charge on any atom is 0.304 e. The van der Waals surface area contributed by atoms with Gasteiger partial charge in [0.2, 0.25) is 5.91 Å². The lowest BCUT2D eigenvalue weighted by Gasteiger charge is -2.26. The van der Waals surface area contributed by atoms with E-state index in [1.54, 1.807) is 18.2 Å². The Morgan fingerprint density at radius 1 is 1.25 bits per heavy atom. The van der Waals surface area contributed by atoms with Gasteiger partial charge in [0.15, 0.2) is 0 Å². The summed E-state index contributed by atoms with van der Waals surface area (Å²) in [6.07, 6.45) is 1.28. The van der Waals surface area contributed by atoms with E-state index in [0.29, 0.717) is 24.3 Å². The molecule has 1 aliphatic heterocycles. The molecule has 0 fully saturated rings. The van der Waals surface area contributed by atoms with E-state index in [4.69, 9.17) is 9.84 Å². The Kier molecular flexibility index (Phi) is 7.43. The van der Waals surface area contributed by atoms with Crippen LogP contribution in [0.5, 0.6) is 5.75 Å². The molecule has 1 N–H and O–H groups in total. The number of carbonyl (C=O) groups is 2. The second kappa shape index (κ2) is 10.1. The van der Waals surface area contributed by atoms with Crippen molar-refractivity contribution in [2.45, 2.75) is 52.0 Å². The number of fused-ring (bicyclic) bond motifs is 1. The quantitative estimate of drug-likeness (QED) is 0.632. The fourth-order valence-electron chi connectivity index (χ4n) is 3.91. The van der Waals surface area contributed by atoms with Crippen molar-refractivity contribution in [3.63, 3.8) is 0 Å². The van der Waals surface area contributed by atoms with Crippen LogP contribution in [0.1, 0.15) is 42.8 Å². The molecule has 0 unspecified atom stereocenters. The van der Waals surface area contributed by atoms with Crippen molar-refractivity contribution in [2.75, 3.05) is 13.2 Å². The van der Waals surface area contributed by atoms with Crippen LogP contribution in [0, 0.1) is 5.92 Å².